The second kappa shape index (κ2) is 8.78. The summed E-state index contributed by atoms with van der Waals surface area (Å²) >= 11 is 3.20. The molecule has 3 heterocycles. The molecule has 30 heavy (non-hydrogen) atoms. The first kappa shape index (κ1) is 20.9. The molecule has 0 spiro atoms. The number of thioether (sulfide) groups is 1. The summed E-state index contributed by atoms with van der Waals surface area (Å²) in [7, 11) is 0. The van der Waals surface area contributed by atoms with Crippen LogP contribution in [-0.4, -0.2) is 25.8 Å². The zero-order valence-corrected chi connectivity index (χ0v) is 19.4. The van der Waals surface area contributed by atoms with Crippen molar-refractivity contribution >= 4 is 50.4 Å². The zero-order valence-electron chi connectivity index (χ0n) is 17.7. The number of fused-ring (bicyclic) bond motifs is 3. The van der Waals surface area contributed by atoms with E-state index >= 15 is 0 Å². The molecule has 156 valence electrons. The first-order chi connectivity index (χ1) is 14.6. The van der Waals surface area contributed by atoms with Gasteiger partial charge in [-0.3, -0.25) is 9.20 Å². The number of nitrogens with one attached hydrogen (secondary N) is 1. The molecule has 5 nitrogen and oxygen atoms in total. The van der Waals surface area contributed by atoms with Gasteiger partial charge in [0.1, 0.15) is 10.9 Å². The Balaban J connectivity index is 1.65. The first-order valence-electron chi connectivity index (χ1n) is 10.4. The molecule has 0 aliphatic heterocycles. The molecule has 1 N–H and O–H groups in total. The molecule has 0 saturated heterocycles. The molecule has 1 amide bonds. The predicted octanol–water partition coefficient (Wildman–Crippen LogP) is 5.89. The molecule has 4 aromatic rings. The Kier molecular flexibility index (Phi) is 6.11. The number of nitrogens with zero attached hydrogens (tertiary/aromatic N) is 3. The van der Waals surface area contributed by atoms with Gasteiger partial charge in [-0.15, -0.1) is 21.5 Å². The molecule has 3 aromatic heterocycles. The third-order valence-corrected chi connectivity index (χ3v) is 7.61. The second-order valence-corrected chi connectivity index (χ2v) is 9.39. The average Bonchev–Trinajstić information content (AvgIpc) is 3.35. The van der Waals surface area contributed by atoms with Gasteiger partial charge < -0.3 is 5.32 Å². The summed E-state index contributed by atoms with van der Waals surface area (Å²) in [6.45, 7) is 8.24. The molecule has 1 aromatic carbocycles. The largest absolute Gasteiger partial charge is 0.325 e. The fourth-order valence-corrected chi connectivity index (χ4v) is 5.56. The molecular formula is C23H26N4OS2. The summed E-state index contributed by atoms with van der Waals surface area (Å²) in [5.74, 6) is 0.872. The van der Waals surface area contributed by atoms with Crippen molar-refractivity contribution in [3.8, 4) is 0 Å². The number of aryl methyl sites for hydroxylation is 3. The number of rotatable bonds is 7. The lowest BCUT2D eigenvalue weighted by molar-refractivity contribution is -0.115. The van der Waals surface area contributed by atoms with Crippen LogP contribution in [-0.2, 0) is 17.6 Å². The number of anilines is 1. The number of carbonyl (C=O) groups is 1. The minimum absolute atomic E-state index is 0.0204. The quantitative estimate of drug-likeness (QED) is 0.366. The van der Waals surface area contributed by atoms with Crippen molar-refractivity contribution in [3.63, 3.8) is 0 Å². The van der Waals surface area contributed by atoms with Gasteiger partial charge in [-0.1, -0.05) is 50.7 Å². The van der Waals surface area contributed by atoms with Crippen molar-refractivity contribution in [3.05, 3.63) is 52.7 Å². The van der Waals surface area contributed by atoms with Crippen LogP contribution in [0.5, 0.6) is 0 Å². The minimum Gasteiger partial charge on any atom is -0.325 e. The Hall–Kier alpha value is -2.38. The average molecular weight is 439 g/mol. The molecule has 7 heteroatoms. The lowest BCUT2D eigenvalue weighted by Gasteiger charge is -2.18. The summed E-state index contributed by atoms with van der Waals surface area (Å²) in [5, 5.41) is 14.7. The number of hydrogen-bond acceptors (Lipinski definition) is 5. The lowest BCUT2D eigenvalue weighted by atomic mass is 10.0. The Morgan fingerprint density at radius 1 is 1.13 bits per heavy atom. The van der Waals surface area contributed by atoms with Crippen molar-refractivity contribution in [2.24, 2.45) is 0 Å². The highest BCUT2D eigenvalue weighted by atomic mass is 32.2. The van der Waals surface area contributed by atoms with E-state index in [1.807, 2.05) is 13.8 Å². The minimum atomic E-state index is -0.242. The molecule has 0 radical (unpaired) electrons. The van der Waals surface area contributed by atoms with Crippen molar-refractivity contribution in [1.82, 2.24) is 14.6 Å². The van der Waals surface area contributed by atoms with Gasteiger partial charge in [0.2, 0.25) is 5.91 Å². The van der Waals surface area contributed by atoms with Crippen LogP contribution >= 0.6 is 23.1 Å². The normalized spacial score (nSPS) is 12.5. The number of thiophene rings is 1. The van der Waals surface area contributed by atoms with E-state index in [4.69, 9.17) is 0 Å². The van der Waals surface area contributed by atoms with Crippen LogP contribution in [0.3, 0.4) is 0 Å². The van der Waals surface area contributed by atoms with E-state index in [2.05, 4.69) is 69.5 Å². The molecule has 0 fully saturated rings. The maximum Gasteiger partial charge on any atom is 0.237 e. The monoisotopic (exact) mass is 438 g/mol. The topological polar surface area (TPSA) is 59.3 Å². The van der Waals surface area contributed by atoms with Crippen molar-refractivity contribution in [2.75, 3.05) is 5.32 Å². The van der Waals surface area contributed by atoms with Crippen molar-refractivity contribution in [1.29, 1.82) is 0 Å². The van der Waals surface area contributed by atoms with Gasteiger partial charge in [0.25, 0.3) is 0 Å². The van der Waals surface area contributed by atoms with Crippen LogP contribution in [0.1, 0.15) is 44.1 Å². The SMILES string of the molecule is CCc1cccc(CC)c1NC(=O)[C@@H](CC)Sc1nnc(C)n2c1cc1sccc12. The number of benzene rings is 1. The summed E-state index contributed by atoms with van der Waals surface area (Å²) < 4.78 is 3.34. The fraction of sp³-hybridized carbons (Fsp3) is 0.348. The maximum atomic E-state index is 13.2. The van der Waals surface area contributed by atoms with E-state index in [9.17, 15) is 4.79 Å². The molecule has 0 aliphatic rings. The number of carbonyl (C=O) groups excluding carboxylic acids is 1. The Morgan fingerprint density at radius 3 is 2.53 bits per heavy atom. The Morgan fingerprint density at radius 2 is 1.87 bits per heavy atom. The highest BCUT2D eigenvalue weighted by Crippen LogP contribution is 2.34. The van der Waals surface area contributed by atoms with Crippen LogP contribution < -0.4 is 5.32 Å². The zero-order chi connectivity index (χ0) is 21.3. The van der Waals surface area contributed by atoms with Crippen LogP contribution in [0.15, 0.2) is 40.7 Å². The van der Waals surface area contributed by atoms with Crippen LogP contribution in [0.2, 0.25) is 0 Å². The number of aromatic nitrogens is 3. The van der Waals surface area contributed by atoms with Crippen LogP contribution in [0.25, 0.3) is 15.7 Å². The summed E-state index contributed by atoms with van der Waals surface area (Å²) in [4.78, 5) is 13.2. The first-order valence-corrected chi connectivity index (χ1v) is 12.1. The number of amides is 1. The van der Waals surface area contributed by atoms with E-state index in [1.54, 1.807) is 11.3 Å². The van der Waals surface area contributed by atoms with Crippen molar-refractivity contribution < 1.29 is 4.79 Å². The molecule has 0 unspecified atom stereocenters. The number of hydrogen-bond donors (Lipinski definition) is 1. The molecule has 0 saturated carbocycles. The van der Waals surface area contributed by atoms with Crippen LogP contribution in [0.4, 0.5) is 5.69 Å². The van der Waals surface area contributed by atoms with E-state index in [1.165, 1.54) is 27.6 Å². The van der Waals surface area contributed by atoms with E-state index in [0.29, 0.717) is 6.42 Å². The summed E-state index contributed by atoms with van der Waals surface area (Å²) in [6, 6.07) is 10.5. The van der Waals surface area contributed by atoms with Gasteiger partial charge in [-0.25, -0.2) is 0 Å². The summed E-state index contributed by atoms with van der Waals surface area (Å²) in [5.41, 5.74) is 5.48. The Bertz CT molecular complexity index is 1190. The molecule has 0 aliphatic carbocycles. The third kappa shape index (κ3) is 3.72. The Labute approximate surface area is 184 Å². The van der Waals surface area contributed by atoms with E-state index < -0.39 is 0 Å². The van der Waals surface area contributed by atoms with Gasteiger partial charge in [0.05, 0.1) is 21.0 Å². The molecule has 1 atom stereocenters. The standard InChI is InChI=1S/C23H26N4OS2/c1-5-15-9-8-10-16(6-2)21(15)24-22(28)19(7-3)30-23-18-13-20-17(11-12-29-20)27(18)14(4)25-26-23/h8-13,19H,5-7H2,1-4H3,(H,24,28)/t19-/m1/s1. The van der Waals surface area contributed by atoms with Gasteiger partial charge in [0.15, 0.2) is 0 Å². The third-order valence-electron chi connectivity index (χ3n) is 5.42. The highest BCUT2D eigenvalue weighted by Gasteiger charge is 2.23. The number of para-hydroxylation sites is 1. The van der Waals surface area contributed by atoms with Crippen LogP contribution in [0, 0.1) is 6.92 Å². The summed E-state index contributed by atoms with van der Waals surface area (Å²) in [6.07, 6.45) is 2.49. The lowest BCUT2D eigenvalue weighted by Crippen LogP contribution is -2.26. The predicted molar refractivity (Wildman–Crippen MR) is 127 cm³/mol. The second-order valence-electron chi connectivity index (χ2n) is 7.25. The van der Waals surface area contributed by atoms with Gasteiger partial charge in [-0.05, 0) is 54.8 Å². The fourth-order valence-electron chi connectivity index (χ4n) is 3.79. The molecule has 0 bridgehead atoms. The molecular weight excluding hydrogens is 412 g/mol. The van der Waals surface area contributed by atoms with Gasteiger partial charge >= 0.3 is 0 Å². The van der Waals surface area contributed by atoms with E-state index in [-0.39, 0.29) is 11.2 Å². The van der Waals surface area contributed by atoms with Gasteiger partial charge in [0, 0.05) is 5.69 Å². The van der Waals surface area contributed by atoms with Crippen molar-refractivity contribution in [2.45, 2.75) is 57.2 Å². The van der Waals surface area contributed by atoms with Gasteiger partial charge in [-0.2, -0.15) is 0 Å². The van der Waals surface area contributed by atoms with E-state index in [0.717, 1.165) is 40.4 Å². The molecule has 4 rings (SSSR count). The smallest absolute Gasteiger partial charge is 0.237 e. The maximum absolute atomic E-state index is 13.2. The highest BCUT2D eigenvalue weighted by molar-refractivity contribution is 8.00.